The normalized spacial score (nSPS) is 12.3. The highest BCUT2D eigenvalue weighted by molar-refractivity contribution is 7.98. The van der Waals surface area contributed by atoms with Crippen molar-refractivity contribution in [2.24, 2.45) is 0 Å². The third-order valence-electron chi connectivity index (χ3n) is 3.84. The van der Waals surface area contributed by atoms with E-state index in [9.17, 15) is 13.2 Å². The number of anilines is 2. The molecule has 1 atom stereocenters. The molecule has 0 aliphatic carbocycles. The number of halogens is 1. The molecular weight excluding hydrogens is 408 g/mol. The van der Waals surface area contributed by atoms with Gasteiger partial charge in [0.25, 0.3) is 0 Å². The van der Waals surface area contributed by atoms with Crippen LogP contribution in [0.1, 0.15) is 6.92 Å². The lowest BCUT2D eigenvalue weighted by atomic mass is 10.2. The molecule has 0 fully saturated rings. The molecule has 0 aliphatic rings. The molecule has 0 saturated carbocycles. The number of ether oxygens (including phenoxy) is 1. The first-order valence-corrected chi connectivity index (χ1v) is 11.4. The van der Waals surface area contributed by atoms with Gasteiger partial charge in [-0.15, -0.1) is 11.8 Å². The Bertz CT molecular complexity index is 935. The molecule has 2 aromatic rings. The molecule has 146 valence electrons. The molecule has 27 heavy (non-hydrogen) atoms. The number of nitrogens with one attached hydrogen (secondary N) is 1. The van der Waals surface area contributed by atoms with Crippen molar-refractivity contribution in [3.8, 4) is 5.75 Å². The molecule has 2 aromatic carbocycles. The fourth-order valence-electron chi connectivity index (χ4n) is 2.59. The van der Waals surface area contributed by atoms with Crippen LogP contribution < -0.4 is 14.4 Å². The van der Waals surface area contributed by atoms with Gasteiger partial charge in [-0.2, -0.15) is 0 Å². The number of rotatable bonds is 7. The summed E-state index contributed by atoms with van der Waals surface area (Å²) in [6, 6.07) is 10.9. The lowest BCUT2D eigenvalue weighted by molar-refractivity contribution is -0.116. The fourth-order valence-corrected chi connectivity index (χ4v) is 4.56. The molecule has 0 unspecified atom stereocenters. The van der Waals surface area contributed by atoms with E-state index in [-0.39, 0.29) is 10.7 Å². The van der Waals surface area contributed by atoms with Gasteiger partial charge < -0.3 is 10.1 Å². The van der Waals surface area contributed by atoms with Gasteiger partial charge in [-0.3, -0.25) is 9.10 Å². The van der Waals surface area contributed by atoms with Crippen LogP contribution in [0.4, 0.5) is 11.4 Å². The van der Waals surface area contributed by atoms with Crippen LogP contribution in [0.3, 0.4) is 0 Å². The Morgan fingerprint density at radius 2 is 1.93 bits per heavy atom. The van der Waals surface area contributed by atoms with Crippen molar-refractivity contribution in [1.82, 2.24) is 0 Å². The number of thioether (sulfide) groups is 1. The standard InChI is InChI=1S/C18H21ClN2O4S2/c1-12(18(22)20-15-7-5-6-8-17(15)26-3)21(27(4,23)24)13-9-10-16(25-2)14(19)11-13/h5-12H,1-4H3,(H,20,22)/t12-/m0/s1. The van der Waals surface area contributed by atoms with E-state index in [1.54, 1.807) is 24.3 Å². The fraction of sp³-hybridized carbons (Fsp3) is 0.278. The van der Waals surface area contributed by atoms with Crippen LogP contribution in [0.5, 0.6) is 5.75 Å². The summed E-state index contributed by atoms with van der Waals surface area (Å²) in [4.78, 5) is 13.7. The second-order valence-electron chi connectivity index (χ2n) is 5.74. The molecule has 0 aliphatic heterocycles. The Balaban J connectivity index is 2.36. The zero-order chi connectivity index (χ0) is 20.2. The van der Waals surface area contributed by atoms with Gasteiger partial charge in [0.05, 0.1) is 29.8 Å². The Labute approximate surface area is 168 Å². The first kappa shape index (κ1) is 21.4. The number of amides is 1. The quantitative estimate of drug-likeness (QED) is 0.677. The summed E-state index contributed by atoms with van der Waals surface area (Å²) < 4.78 is 30.9. The molecule has 0 aromatic heterocycles. The van der Waals surface area contributed by atoms with E-state index in [1.807, 2.05) is 18.4 Å². The first-order chi connectivity index (χ1) is 12.7. The summed E-state index contributed by atoms with van der Waals surface area (Å²) in [5, 5.41) is 3.05. The predicted molar refractivity (Wildman–Crippen MR) is 112 cm³/mol. The summed E-state index contributed by atoms with van der Waals surface area (Å²) in [6.07, 6.45) is 2.95. The largest absolute Gasteiger partial charge is 0.495 e. The smallest absolute Gasteiger partial charge is 0.248 e. The summed E-state index contributed by atoms with van der Waals surface area (Å²) in [5.41, 5.74) is 0.909. The minimum Gasteiger partial charge on any atom is -0.495 e. The van der Waals surface area contributed by atoms with Crippen molar-refractivity contribution in [3.63, 3.8) is 0 Å². The van der Waals surface area contributed by atoms with Crippen LogP contribution in [-0.4, -0.2) is 40.0 Å². The zero-order valence-corrected chi connectivity index (χ0v) is 17.8. The van der Waals surface area contributed by atoms with E-state index in [0.29, 0.717) is 11.4 Å². The Kier molecular flexibility index (Phi) is 7.02. The lowest BCUT2D eigenvalue weighted by Gasteiger charge is -2.28. The third kappa shape index (κ3) is 5.09. The minimum absolute atomic E-state index is 0.254. The van der Waals surface area contributed by atoms with E-state index in [4.69, 9.17) is 16.3 Å². The molecule has 1 N–H and O–H groups in total. The van der Waals surface area contributed by atoms with Crippen molar-refractivity contribution in [2.75, 3.05) is 29.2 Å². The van der Waals surface area contributed by atoms with Crippen LogP contribution >= 0.6 is 23.4 Å². The number of nitrogens with zero attached hydrogens (tertiary/aromatic N) is 1. The minimum atomic E-state index is -3.74. The highest BCUT2D eigenvalue weighted by Gasteiger charge is 2.30. The van der Waals surface area contributed by atoms with Gasteiger partial charge >= 0.3 is 0 Å². The third-order valence-corrected chi connectivity index (χ3v) is 6.18. The van der Waals surface area contributed by atoms with Crippen molar-refractivity contribution in [2.45, 2.75) is 17.9 Å². The molecule has 0 bridgehead atoms. The number of sulfonamides is 1. The Hall–Kier alpha value is -1.90. The van der Waals surface area contributed by atoms with Crippen molar-refractivity contribution >= 4 is 50.7 Å². The van der Waals surface area contributed by atoms with Gasteiger partial charge in [0.15, 0.2) is 0 Å². The summed E-state index contributed by atoms with van der Waals surface area (Å²) in [5.74, 6) is -0.0336. The van der Waals surface area contributed by atoms with E-state index in [1.165, 1.54) is 31.9 Å². The number of methoxy groups -OCH3 is 1. The lowest BCUT2D eigenvalue weighted by Crippen LogP contribution is -2.45. The summed E-state index contributed by atoms with van der Waals surface area (Å²) in [6.45, 7) is 1.52. The second kappa shape index (κ2) is 8.86. The predicted octanol–water partition coefficient (Wildman–Crippen LogP) is 3.86. The monoisotopic (exact) mass is 428 g/mol. The summed E-state index contributed by atoms with van der Waals surface area (Å²) >= 11 is 7.62. The number of para-hydroxylation sites is 1. The van der Waals surface area contributed by atoms with E-state index >= 15 is 0 Å². The Morgan fingerprint density at radius 1 is 1.26 bits per heavy atom. The molecule has 0 heterocycles. The van der Waals surface area contributed by atoms with Crippen LogP contribution in [0.25, 0.3) is 0 Å². The number of hydrogen-bond donors (Lipinski definition) is 1. The van der Waals surface area contributed by atoms with Crippen LogP contribution in [-0.2, 0) is 14.8 Å². The molecule has 0 saturated heterocycles. The van der Waals surface area contributed by atoms with E-state index in [0.717, 1.165) is 15.5 Å². The van der Waals surface area contributed by atoms with Crippen LogP contribution in [0.2, 0.25) is 5.02 Å². The number of carbonyl (C=O) groups is 1. The second-order valence-corrected chi connectivity index (χ2v) is 8.86. The van der Waals surface area contributed by atoms with Gasteiger partial charge in [-0.1, -0.05) is 23.7 Å². The van der Waals surface area contributed by atoms with E-state index in [2.05, 4.69) is 5.32 Å². The topological polar surface area (TPSA) is 75.7 Å². The Morgan fingerprint density at radius 3 is 2.48 bits per heavy atom. The first-order valence-electron chi connectivity index (χ1n) is 7.96. The van der Waals surface area contributed by atoms with Gasteiger partial charge in [0.1, 0.15) is 11.8 Å². The van der Waals surface area contributed by atoms with Crippen LogP contribution in [0, 0.1) is 0 Å². The van der Waals surface area contributed by atoms with E-state index < -0.39 is 22.0 Å². The highest BCUT2D eigenvalue weighted by Crippen LogP contribution is 2.32. The molecule has 0 radical (unpaired) electrons. The molecule has 0 spiro atoms. The van der Waals surface area contributed by atoms with Gasteiger partial charge in [0.2, 0.25) is 15.9 Å². The molecule has 2 rings (SSSR count). The zero-order valence-electron chi connectivity index (χ0n) is 15.4. The maximum Gasteiger partial charge on any atom is 0.248 e. The number of benzene rings is 2. The van der Waals surface area contributed by atoms with Crippen molar-refractivity contribution in [3.05, 3.63) is 47.5 Å². The van der Waals surface area contributed by atoms with Crippen LogP contribution in [0.15, 0.2) is 47.4 Å². The highest BCUT2D eigenvalue weighted by atomic mass is 35.5. The summed E-state index contributed by atoms with van der Waals surface area (Å²) in [7, 11) is -2.27. The molecule has 6 nitrogen and oxygen atoms in total. The average Bonchev–Trinajstić information content (AvgIpc) is 2.61. The van der Waals surface area contributed by atoms with Gasteiger partial charge in [0, 0.05) is 4.90 Å². The van der Waals surface area contributed by atoms with Gasteiger partial charge in [-0.05, 0) is 43.5 Å². The number of carbonyl (C=O) groups excluding carboxylic acids is 1. The molecule has 1 amide bonds. The van der Waals surface area contributed by atoms with Crippen molar-refractivity contribution in [1.29, 1.82) is 0 Å². The maximum atomic E-state index is 12.8. The SMILES string of the molecule is COc1ccc(N([C@@H](C)C(=O)Nc2ccccc2SC)S(C)(=O)=O)cc1Cl. The maximum absolute atomic E-state index is 12.8. The molecular formula is C18H21ClN2O4S2. The number of hydrogen-bond acceptors (Lipinski definition) is 5. The van der Waals surface area contributed by atoms with Gasteiger partial charge in [-0.25, -0.2) is 8.42 Å². The molecule has 9 heteroatoms. The van der Waals surface area contributed by atoms with Crippen molar-refractivity contribution < 1.29 is 17.9 Å². The average molecular weight is 429 g/mol.